The molecular weight excluding hydrogens is 525 g/mol. The Morgan fingerprint density at radius 1 is 1.05 bits per heavy atom. The highest BCUT2D eigenvalue weighted by Gasteiger charge is 2.31. The predicted molar refractivity (Wildman–Crippen MR) is 154 cm³/mol. The van der Waals surface area contributed by atoms with E-state index in [1.807, 2.05) is 24.3 Å². The molecule has 1 N–H and O–H groups in total. The highest BCUT2D eigenvalue weighted by molar-refractivity contribution is 7.13. The normalized spacial score (nSPS) is 15.5. The SMILES string of the molecule is O=C(c1ccc(-n2nnc3cccnc32)cc1F)N(c1nccc2cc(-c3cccs3)ccc12)[C@@H]1CCCNC1. The van der Waals surface area contributed by atoms with E-state index in [-0.39, 0.29) is 11.6 Å². The molecule has 40 heavy (non-hydrogen) atoms. The van der Waals surface area contributed by atoms with Crippen molar-refractivity contribution < 1.29 is 9.18 Å². The van der Waals surface area contributed by atoms with Crippen molar-refractivity contribution in [3.8, 4) is 16.1 Å². The Labute approximate surface area is 233 Å². The molecule has 0 aliphatic carbocycles. The summed E-state index contributed by atoms with van der Waals surface area (Å²) in [6, 6.07) is 20.1. The lowest BCUT2D eigenvalue weighted by molar-refractivity contribution is 0.0968. The van der Waals surface area contributed by atoms with Gasteiger partial charge in [-0.15, -0.1) is 16.4 Å². The van der Waals surface area contributed by atoms with Gasteiger partial charge in [0.2, 0.25) is 0 Å². The fraction of sp³-hybridized carbons (Fsp3) is 0.167. The van der Waals surface area contributed by atoms with Crippen molar-refractivity contribution in [1.82, 2.24) is 30.3 Å². The van der Waals surface area contributed by atoms with Crippen molar-refractivity contribution in [1.29, 1.82) is 0 Å². The van der Waals surface area contributed by atoms with Gasteiger partial charge in [0.25, 0.3) is 5.91 Å². The quantitative estimate of drug-likeness (QED) is 0.300. The number of hydrogen-bond donors (Lipinski definition) is 1. The molecule has 5 heterocycles. The molecule has 0 spiro atoms. The zero-order valence-electron chi connectivity index (χ0n) is 21.4. The van der Waals surface area contributed by atoms with Gasteiger partial charge in [-0.3, -0.25) is 9.69 Å². The second-order valence-electron chi connectivity index (χ2n) is 9.73. The Balaban J connectivity index is 1.30. The van der Waals surface area contributed by atoms with Crippen LogP contribution >= 0.6 is 11.3 Å². The number of nitrogens with zero attached hydrogens (tertiary/aromatic N) is 6. The molecule has 0 radical (unpaired) electrons. The third-order valence-corrected chi connectivity index (χ3v) is 8.19. The van der Waals surface area contributed by atoms with Crippen LogP contribution in [0.3, 0.4) is 0 Å². The summed E-state index contributed by atoms with van der Waals surface area (Å²) in [6.07, 6.45) is 5.05. The van der Waals surface area contributed by atoms with Crippen LogP contribution in [-0.2, 0) is 0 Å². The Hall–Kier alpha value is -4.54. The van der Waals surface area contributed by atoms with Crippen LogP contribution in [0.5, 0.6) is 0 Å². The molecule has 8 nitrogen and oxygen atoms in total. The van der Waals surface area contributed by atoms with E-state index >= 15 is 4.39 Å². The lowest BCUT2D eigenvalue weighted by Gasteiger charge is -2.34. The molecule has 1 saturated heterocycles. The van der Waals surface area contributed by atoms with Gasteiger partial charge < -0.3 is 5.32 Å². The topological polar surface area (TPSA) is 88.8 Å². The first-order chi connectivity index (χ1) is 19.7. The number of carbonyl (C=O) groups is 1. The van der Waals surface area contributed by atoms with Gasteiger partial charge >= 0.3 is 0 Å². The second kappa shape index (κ2) is 10.2. The molecule has 1 atom stereocenters. The number of amides is 1. The second-order valence-corrected chi connectivity index (χ2v) is 10.7. The molecule has 6 aromatic rings. The average Bonchev–Trinajstić information content (AvgIpc) is 3.69. The number of anilines is 1. The van der Waals surface area contributed by atoms with E-state index in [4.69, 9.17) is 0 Å². The molecule has 198 valence electrons. The minimum Gasteiger partial charge on any atom is -0.315 e. The molecule has 7 rings (SSSR count). The molecule has 0 saturated carbocycles. The summed E-state index contributed by atoms with van der Waals surface area (Å²) in [5, 5.41) is 15.5. The summed E-state index contributed by atoms with van der Waals surface area (Å²) >= 11 is 1.68. The fourth-order valence-corrected chi connectivity index (χ4v) is 6.04. The number of benzene rings is 2. The summed E-state index contributed by atoms with van der Waals surface area (Å²) in [7, 11) is 0. The lowest BCUT2D eigenvalue weighted by Crippen LogP contribution is -2.49. The van der Waals surface area contributed by atoms with E-state index in [2.05, 4.69) is 43.1 Å². The van der Waals surface area contributed by atoms with Crippen molar-refractivity contribution in [2.24, 2.45) is 0 Å². The lowest BCUT2D eigenvalue weighted by atomic mass is 10.0. The molecular formula is C30H24FN7OS. The highest BCUT2D eigenvalue weighted by Crippen LogP contribution is 2.34. The van der Waals surface area contributed by atoms with E-state index in [0.29, 0.717) is 29.2 Å². The molecule has 1 amide bonds. The van der Waals surface area contributed by atoms with Gasteiger partial charge in [-0.2, -0.15) is 4.68 Å². The number of carbonyl (C=O) groups excluding carboxylic acids is 1. The van der Waals surface area contributed by atoms with Gasteiger partial charge in [-0.1, -0.05) is 23.4 Å². The van der Waals surface area contributed by atoms with Crippen LogP contribution in [0, 0.1) is 5.82 Å². The maximum Gasteiger partial charge on any atom is 0.262 e. The van der Waals surface area contributed by atoms with E-state index in [9.17, 15) is 4.79 Å². The van der Waals surface area contributed by atoms with Gasteiger partial charge in [-0.05, 0) is 78.2 Å². The Kier molecular flexibility index (Phi) is 6.26. The molecule has 0 bridgehead atoms. The predicted octanol–water partition coefficient (Wildman–Crippen LogP) is 5.63. The molecule has 1 fully saturated rings. The van der Waals surface area contributed by atoms with Crippen LogP contribution in [0.4, 0.5) is 10.2 Å². The van der Waals surface area contributed by atoms with Gasteiger partial charge in [0.05, 0.1) is 17.3 Å². The zero-order chi connectivity index (χ0) is 27.1. The van der Waals surface area contributed by atoms with Crippen LogP contribution in [0.15, 0.2) is 84.5 Å². The number of rotatable bonds is 5. The maximum absolute atomic E-state index is 15.7. The number of halogens is 1. The summed E-state index contributed by atoms with van der Waals surface area (Å²) in [5.74, 6) is -0.540. The highest BCUT2D eigenvalue weighted by atomic mass is 32.1. The van der Waals surface area contributed by atoms with Gasteiger partial charge in [0, 0.05) is 35.3 Å². The van der Waals surface area contributed by atoms with E-state index < -0.39 is 11.7 Å². The van der Waals surface area contributed by atoms with E-state index in [0.717, 1.165) is 35.7 Å². The van der Waals surface area contributed by atoms with E-state index in [1.54, 1.807) is 46.8 Å². The Morgan fingerprint density at radius 2 is 2.00 bits per heavy atom. The summed E-state index contributed by atoms with van der Waals surface area (Å²) in [6.45, 7) is 1.49. The maximum atomic E-state index is 15.7. The van der Waals surface area contributed by atoms with Gasteiger partial charge in [-0.25, -0.2) is 14.4 Å². The van der Waals surface area contributed by atoms with Crippen molar-refractivity contribution >= 4 is 45.0 Å². The third kappa shape index (κ3) is 4.31. The standard InChI is InChI=1S/C30H24FN7OS/c31-25-17-21(38-29-26(35-36-38)5-2-13-33-29)8-10-24(25)30(39)37(22-4-1-12-32-18-22)28-23-9-7-20(27-6-3-15-40-27)16-19(23)11-14-34-28/h2-3,5-11,13-17,22,32H,1,4,12,18H2/t22-/m1/s1. The number of thiophene rings is 1. The van der Waals surface area contributed by atoms with Crippen molar-refractivity contribution in [3.05, 3.63) is 95.9 Å². The molecule has 0 unspecified atom stereocenters. The molecule has 2 aromatic carbocycles. The van der Waals surface area contributed by atoms with Crippen molar-refractivity contribution in [2.75, 3.05) is 18.0 Å². The van der Waals surface area contributed by atoms with Gasteiger partial charge in [0.15, 0.2) is 5.65 Å². The first kappa shape index (κ1) is 24.5. The number of aromatic nitrogens is 5. The first-order valence-electron chi connectivity index (χ1n) is 13.1. The van der Waals surface area contributed by atoms with Crippen LogP contribution < -0.4 is 10.2 Å². The Morgan fingerprint density at radius 3 is 2.83 bits per heavy atom. The first-order valence-corrected chi connectivity index (χ1v) is 14.0. The number of fused-ring (bicyclic) bond motifs is 2. The molecule has 10 heteroatoms. The van der Waals surface area contributed by atoms with Crippen molar-refractivity contribution in [2.45, 2.75) is 18.9 Å². The summed E-state index contributed by atoms with van der Waals surface area (Å²) in [4.78, 5) is 26.0. The fourth-order valence-electron chi connectivity index (χ4n) is 5.32. The van der Waals surface area contributed by atoms with Crippen molar-refractivity contribution in [3.63, 3.8) is 0 Å². The summed E-state index contributed by atoms with van der Waals surface area (Å²) in [5.41, 5.74) is 2.63. The Bertz CT molecular complexity index is 1850. The van der Waals surface area contributed by atoms with Crippen LogP contribution in [0.1, 0.15) is 23.2 Å². The zero-order valence-corrected chi connectivity index (χ0v) is 22.2. The van der Waals surface area contributed by atoms with Crippen LogP contribution in [0.25, 0.3) is 38.1 Å². The smallest absolute Gasteiger partial charge is 0.262 e. The average molecular weight is 550 g/mol. The molecule has 1 aliphatic heterocycles. The number of piperidine rings is 1. The monoisotopic (exact) mass is 549 g/mol. The van der Waals surface area contributed by atoms with Crippen LogP contribution in [-0.4, -0.2) is 50.0 Å². The largest absolute Gasteiger partial charge is 0.315 e. The third-order valence-electron chi connectivity index (χ3n) is 7.27. The minimum absolute atomic E-state index is 0.0271. The minimum atomic E-state index is -0.643. The van der Waals surface area contributed by atoms with Crippen LogP contribution in [0.2, 0.25) is 0 Å². The molecule has 1 aliphatic rings. The van der Waals surface area contributed by atoms with Gasteiger partial charge in [0.1, 0.15) is 17.2 Å². The number of hydrogen-bond acceptors (Lipinski definition) is 7. The number of pyridine rings is 2. The molecule has 4 aromatic heterocycles. The number of nitrogens with one attached hydrogen (secondary N) is 1. The van der Waals surface area contributed by atoms with E-state index in [1.165, 1.54) is 21.7 Å². The summed E-state index contributed by atoms with van der Waals surface area (Å²) < 4.78 is 17.2.